The highest BCUT2D eigenvalue weighted by molar-refractivity contribution is 7.99. The molecule has 23 heavy (non-hydrogen) atoms. The zero-order chi connectivity index (χ0) is 16.5. The van der Waals surface area contributed by atoms with Crippen LogP contribution in [-0.4, -0.2) is 28.2 Å². The van der Waals surface area contributed by atoms with Crippen molar-refractivity contribution in [3.05, 3.63) is 36.7 Å². The summed E-state index contributed by atoms with van der Waals surface area (Å²) in [6.07, 6.45) is 1.45. The van der Waals surface area contributed by atoms with Gasteiger partial charge in [-0.3, -0.25) is 0 Å². The van der Waals surface area contributed by atoms with E-state index >= 15 is 0 Å². The lowest BCUT2D eigenvalue weighted by atomic mass is 10.4. The van der Waals surface area contributed by atoms with E-state index in [0.717, 1.165) is 21.0 Å². The fourth-order valence-electron chi connectivity index (χ4n) is 1.75. The third kappa shape index (κ3) is 4.99. The van der Waals surface area contributed by atoms with Crippen LogP contribution >= 0.6 is 11.8 Å². The van der Waals surface area contributed by atoms with Gasteiger partial charge < -0.3 is 5.73 Å². The first-order valence-corrected chi connectivity index (χ1v) is 8.23. The largest absolute Gasteiger partial charge is 0.383 e. The van der Waals surface area contributed by atoms with Gasteiger partial charge in [0.05, 0.1) is 5.39 Å². The third-order valence-electron chi connectivity index (χ3n) is 2.58. The third-order valence-corrected chi connectivity index (χ3v) is 3.56. The predicted octanol–water partition coefficient (Wildman–Crippen LogP) is 3.77. The molecule has 2 heterocycles. The van der Waals surface area contributed by atoms with Gasteiger partial charge in [-0.1, -0.05) is 57.7 Å². The second kappa shape index (κ2) is 10.7. The lowest BCUT2D eigenvalue weighted by molar-refractivity contribution is 0.754. The topological polar surface area (TPSA) is 69.6 Å². The fraction of sp³-hybridized carbons (Fsp3) is 0.312. The average Bonchev–Trinajstić information content (AvgIpc) is 2.90. The summed E-state index contributed by atoms with van der Waals surface area (Å²) in [6, 6.07) is 10.0. The molecule has 3 rings (SSSR count). The summed E-state index contributed by atoms with van der Waals surface area (Å²) in [7, 11) is 1.85. The van der Waals surface area contributed by atoms with E-state index in [0.29, 0.717) is 5.82 Å². The van der Waals surface area contributed by atoms with Crippen molar-refractivity contribution in [2.75, 3.05) is 5.73 Å². The molecule has 3 radical (unpaired) electrons. The summed E-state index contributed by atoms with van der Waals surface area (Å²) in [5.41, 5.74) is 6.66. The molecule has 3 aromatic rings. The Morgan fingerprint density at radius 2 is 1.61 bits per heavy atom. The molecular weight excluding hydrogens is 305 g/mol. The number of nitrogen functional groups attached to an aromatic ring is 1. The van der Waals surface area contributed by atoms with Crippen LogP contribution in [0.1, 0.15) is 27.7 Å². The Bertz CT molecular complexity index is 700. The smallest absolute Gasteiger partial charge is 0.164 e. The standard InChI is InChI=1S/C12H11N5S.2C2H6.B/c1-17-11-9(10(13)14-7-15-11)12(16-17)18-8-5-3-2-4-6-8;2*1-2;/h2-7H,1H3,(H2,13,14,15);2*1-2H3;. The van der Waals surface area contributed by atoms with Crippen LogP contribution in [0.15, 0.2) is 46.6 Å². The van der Waals surface area contributed by atoms with Gasteiger partial charge in [-0.2, -0.15) is 5.10 Å². The van der Waals surface area contributed by atoms with E-state index in [9.17, 15) is 0 Å². The minimum atomic E-state index is 0. The van der Waals surface area contributed by atoms with Gasteiger partial charge >= 0.3 is 0 Å². The highest BCUT2D eigenvalue weighted by Crippen LogP contribution is 2.33. The summed E-state index contributed by atoms with van der Waals surface area (Å²) >= 11 is 1.56. The normalized spacial score (nSPS) is 9.09. The molecule has 121 valence electrons. The fourth-order valence-corrected chi connectivity index (χ4v) is 2.72. The van der Waals surface area contributed by atoms with E-state index in [-0.39, 0.29) is 8.41 Å². The highest BCUT2D eigenvalue weighted by Gasteiger charge is 2.14. The second-order valence-electron chi connectivity index (χ2n) is 3.80. The molecule has 0 amide bonds. The molecule has 0 aliphatic carbocycles. The summed E-state index contributed by atoms with van der Waals surface area (Å²) in [5, 5.41) is 6.09. The highest BCUT2D eigenvalue weighted by atomic mass is 32.2. The van der Waals surface area contributed by atoms with Crippen molar-refractivity contribution < 1.29 is 0 Å². The van der Waals surface area contributed by atoms with Crippen LogP contribution in [-0.2, 0) is 7.05 Å². The molecule has 0 bridgehead atoms. The Kier molecular flexibility index (Phi) is 9.73. The van der Waals surface area contributed by atoms with Crippen molar-refractivity contribution in [2.45, 2.75) is 37.6 Å². The number of benzene rings is 1. The molecule has 0 fully saturated rings. The van der Waals surface area contributed by atoms with E-state index < -0.39 is 0 Å². The Hall–Kier alpha value is -2.02. The van der Waals surface area contributed by atoms with Crippen LogP contribution in [0.25, 0.3) is 11.0 Å². The van der Waals surface area contributed by atoms with Gasteiger partial charge in [0.25, 0.3) is 0 Å². The molecular formula is C16H23BN5S. The molecule has 0 atom stereocenters. The van der Waals surface area contributed by atoms with Gasteiger partial charge in [0.15, 0.2) is 5.65 Å². The molecule has 0 saturated heterocycles. The Morgan fingerprint density at radius 1 is 1.00 bits per heavy atom. The van der Waals surface area contributed by atoms with Gasteiger partial charge in [0, 0.05) is 20.4 Å². The molecule has 0 aliphatic heterocycles. The van der Waals surface area contributed by atoms with E-state index in [1.54, 1.807) is 16.4 Å². The maximum absolute atomic E-state index is 5.91. The van der Waals surface area contributed by atoms with E-state index in [1.807, 2.05) is 65.1 Å². The molecule has 1 aromatic carbocycles. The first kappa shape index (κ1) is 21.0. The number of nitrogens with two attached hydrogens (primary N) is 1. The number of aromatic nitrogens is 4. The maximum atomic E-state index is 5.91. The van der Waals surface area contributed by atoms with Crippen LogP contribution < -0.4 is 5.73 Å². The van der Waals surface area contributed by atoms with Crippen LogP contribution in [0.4, 0.5) is 5.82 Å². The molecule has 0 spiro atoms. The second-order valence-corrected chi connectivity index (χ2v) is 4.86. The number of nitrogens with zero attached hydrogens (tertiary/aromatic N) is 4. The average molecular weight is 328 g/mol. The molecule has 2 aromatic heterocycles. The van der Waals surface area contributed by atoms with Gasteiger partial charge in [-0.05, 0) is 12.1 Å². The van der Waals surface area contributed by atoms with Crippen molar-refractivity contribution in [1.82, 2.24) is 19.7 Å². The number of hydrogen-bond donors (Lipinski definition) is 1. The number of anilines is 1. The van der Waals surface area contributed by atoms with Crippen molar-refractivity contribution >= 4 is 37.0 Å². The molecule has 5 nitrogen and oxygen atoms in total. The van der Waals surface area contributed by atoms with Gasteiger partial charge in [-0.15, -0.1) is 0 Å². The van der Waals surface area contributed by atoms with Crippen molar-refractivity contribution in [3.8, 4) is 0 Å². The quantitative estimate of drug-likeness (QED) is 0.725. The number of aryl methyl sites for hydroxylation is 1. The lowest BCUT2D eigenvalue weighted by Gasteiger charge is -1.98. The summed E-state index contributed by atoms with van der Waals surface area (Å²) in [4.78, 5) is 9.33. The predicted molar refractivity (Wildman–Crippen MR) is 99.7 cm³/mol. The molecule has 0 unspecified atom stereocenters. The first-order valence-electron chi connectivity index (χ1n) is 7.42. The van der Waals surface area contributed by atoms with E-state index in [2.05, 4.69) is 15.1 Å². The van der Waals surface area contributed by atoms with Crippen LogP contribution in [0.5, 0.6) is 0 Å². The number of fused-ring (bicyclic) bond motifs is 1. The molecule has 0 aliphatic rings. The van der Waals surface area contributed by atoms with E-state index in [1.165, 1.54) is 6.33 Å². The van der Waals surface area contributed by atoms with Crippen LogP contribution in [0.2, 0.25) is 0 Å². The number of rotatable bonds is 2. The zero-order valence-corrected chi connectivity index (χ0v) is 15.1. The monoisotopic (exact) mass is 328 g/mol. The first-order chi connectivity index (χ1) is 10.8. The van der Waals surface area contributed by atoms with Crippen molar-refractivity contribution in [1.29, 1.82) is 0 Å². The summed E-state index contributed by atoms with van der Waals surface area (Å²) in [5.74, 6) is 0.464. The van der Waals surface area contributed by atoms with E-state index in [4.69, 9.17) is 5.73 Å². The number of hydrogen-bond acceptors (Lipinski definition) is 5. The Balaban J connectivity index is 0.000000901. The van der Waals surface area contributed by atoms with Crippen LogP contribution in [0.3, 0.4) is 0 Å². The Labute approximate surface area is 144 Å². The van der Waals surface area contributed by atoms with Crippen molar-refractivity contribution in [3.63, 3.8) is 0 Å². The minimum Gasteiger partial charge on any atom is -0.383 e. The Morgan fingerprint density at radius 3 is 2.22 bits per heavy atom. The molecule has 2 N–H and O–H groups in total. The SMILES string of the molecule is CC.CC.Cn1nc(Sc2ccccc2)c2c(N)ncnc21.[B]. The molecule has 7 heteroatoms. The van der Waals surface area contributed by atoms with Gasteiger partial charge in [0.2, 0.25) is 0 Å². The minimum absolute atomic E-state index is 0. The summed E-state index contributed by atoms with van der Waals surface area (Å²) in [6.45, 7) is 8.00. The van der Waals surface area contributed by atoms with Crippen molar-refractivity contribution in [2.24, 2.45) is 7.05 Å². The zero-order valence-electron chi connectivity index (χ0n) is 14.3. The van der Waals surface area contributed by atoms with Crippen LogP contribution in [0, 0.1) is 0 Å². The van der Waals surface area contributed by atoms with Gasteiger partial charge in [0.1, 0.15) is 17.2 Å². The summed E-state index contributed by atoms with van der Waals surface area (Å²) < 4.78 is 1.72. The lowest BCUT2D eigenvalue weighted by Crippen LogP contribution is -1.95. The molecule has 0 saturated carbocycles. The maximum Gasteiger partial charge on any atom is 0.164 e. The van der Waals surface area contributed by atoms with Gasteiger partial charge in [-0.25, -0.2) is 14.6 Å².